The van der Waals surface area contributed by atoms with Crippen molar-refractivity contribution in [3.63, 3.8) is 0 Å². The number of rotatable bonds is 4. The van der Waals surface area contributed by atoms with Crippen LogP contribution in [-0.4, -0.2) is 35.8 Å². The predicted octanol–water partition coefficient (Wildman–Crippen LogP) is 4.90. The molecule has 1 aliphatic heterocycles. The van der Waals surface area contributed by atoms with Crippen molar-refractivity contribution < 1.29 is 19.4 Å². The Hall–Kier alpha value is -3.93. The van der Waals surface area contributed by atoms with Crippen molar-refractivity contribution >= 4 is 17.4 Å². The average Bonchev–Trinajstić information content (AvgIpc) is 3.06. The van der Waals surface area contributed by atoms with Gasteiger partial charge in [0.05, 0.1) is 13.2 Å². The van der Waals surface area contributed by atoms with Crippen LogP contribution in [0.3, 0.4) is 0 Å². The van der Waals surface area contributed by atoms with Gasteiger partial charge in [0.15, 0.2) is 0 Å². The predicted molar refractivity (Wildman–Crippen MR) is 125 cm³/mol. The number of nitrogen functional groups attached to an aromatic ring is 1. The smallest absolute Gasteiger partial charge is 0.415 e. The summed E-state index contributed by atoms with van der Waals surface area (Å²) in [4.78, 5) is 14.8. The molecule has 2 aromatic carbocycles. The molecule has 0 spiro atoms. The fourth-order valence-corrected chi connectivity index (χ4v) is 3.96. The van der Waals surface area contributed by atoms with Crippen LogP contribution in [0.2, 0.25) is 0 Å². The largest absolute Gasteiger partial charge is 0.508 e. The van der Waals surface area contributed by atoms with Crippen molar-refractivity contribution in [2.45, 2.75) is 12.5 Å². The number of nitrogens with two attached hydrogens (primary N) is 1. The maximum atomic E-state index is 13.1. The third-order valence-electron chi connectivity index (χ3n) is 5.63. The number of phenolic OH excluding ortho intramolecular Hbond substituents is 1. The van der Waals surface area contributed by atoms with Crippen LogP contribution >= 0.6 is 0 Å². The van der Waals surface area contributed by atoms with Crippen molar-refractivity contribution in [3.05, 3.63) is 96.3 Å². The van der Waals surface area contributed by atoms with E-state index in [2.05, 4.69) is 0 Å². The topological polar surface area (TPSA) is 85.0 Å². The Morgan fingerprint density at radius 1 is 1.16 bits per heavy atom. The molecule has 0 saturated heterocycles. The maximum Gasteiger partial charge on any atom is 0.415 e. The van der Waals surface area contributed by atoms with Crippen LogP contribution in [0.5, 0.6) is 11.5 Å². The van der Waals surface area contributed by atoms with Crippen molar-refractivity contribution in [2.24, 2.45) is 5.92 Å². The van der Waals surface area contributed by atoms with E-state index < -0.39 is 6.09 Å². The van der Waals surface area contributed by atoms with Crippen LogP contribution in [0.1, 0.15) is 12.0 Å². The molecular weight excluding hydrogens is 404 g/mol. The number of benzene rings is 2. The fourth-order valence-electron chi connectivity index (χ4n) is 3.96. The molecule has 32 heavy (non-hydrogen) atoms. The van der Waals surface area contributed by atoms with E-state index in [1.807, 2.05) is 54.7 Å². The minimum Gasteiger partial charge on any atom is -0.508 e. The van der Waals surface area contributed by atoms with Crippen molar-refractivity contribution in [1.82, 2.24) is 4.90 Å². The molecule has 0 radical (unpaired) electrons. The fraction of sp³-hybridized carbons (Fsp3) is 0.192. The van der Waals surface area contributed by atoms with Gasteiger partial charge in [-0.05, 0) is 54.5 Å². The summed E-state index contributed by atoms with van der Waals surface area (Å²) < 4.78 is 11.0. The Morgan fingerprint density at radius 3 is 2.75 bits per heavy atom. The van der Waals surface area contributed by atoms with E-state index >= 15 is 0 Å². The molecule has 1 aliphatic carbocycles. The van der Waals surface area contributed by atoms with Crippen LogP contribution in [0, 0.1) is 5.92 Å². The molecule has 0 bridgehead atoms. The molecule has 2 aliphatic rings. The average molecular weight is 431 g/mol. The molecular formula is C26H26N2O4. The summed E-state index contributed by atoms with van der Waals surface area (Å²) in [6.45, 7) is 0.458. The van der Waals surface area contributed by atoms with E-state index in [0.717, 1.165) is 16.9 Å². The van der Waals surface area contributed by atoms with Crippen LogP contribution in [0.25, 0.3) is 5.57 Å². The number of ether oxygens (including phenoxy) is 2. The number of anilines is 1. The zero-order valence-electron chi connectivity index (χ0n) is 17.8. The summed E-state index contributed by atoms with van der Waals surface area (Å²) in [5, 5.41) is 9.97. The van der Waals surface area contributed by atoms with Gasteiger partial charge in [-0.3, -0.25) is 0 Å². The lowest BCUT2D eigenvalue weighted by molar-refractivity contribution is 0.134. The first-order valence-electron chi connectivity index (χ1n) is 10.5. The zero-order chi connectivity index (χ0) is 22.5. The van der Waals surface area contributed by atoms with Gasteiger partial charge in [0.2, 0.25) is 0 Å². The third-order valence-corrected chi connectivity index (χ3v) is 5.63. The van der Waals surface area contributed by atoms with Gasteiger partial charge in [-0.15, -0.1) is 0 Å². The molecule has 1 amide bonds. The van der Waals surface area contributed by atoms with E-state index in [0.29, 0.717) is 24.4 Å². The summed E-state index contributed by atoms with van der Waals surface area (Å²) in [5.74, 6) is 1.29. The quantitative estimate of drug-likeness (QED) is 0.532. The lowest BCUT2D eigenvalue weighted by Crippen LogP contribution is -2.46. The van der Waals surface area contributed by atoms with Crippen molar-refractivity contribution in [1.29, 1.82) is 0 Å². The lowest BCUT2D eigenvalue weighted by atomic mass is 9.88. The SMILES string of the molecule is COC1=CC=CC(C2C=C(c3cc(O)ccc3N)CCN2C(=O)Oc2ccccc2)C=C1. The summed E-state index contributed by atoms with van der Waals surface area (Å²) in [6.07, 6.45) is 12.0. The Kier molecular flexibility index (Phi) is 6.31. The number of methoxy groups -OCH3 is 1. The van der Waals surface area contributed by atoms with Gasteiger partial charge in [0, 0.05) is 23.7 Å². The molecule has 2 aromatic rings. The van der Waals surface area contributed by atoms with Crippen LogP contribution in [-0.2, 0) is 4.74 Å². The first kappa shape index (κ1) is 21.3. The van der Waals surface area contributed by atoms with Gasteiger partial charge in [0.1, 0.15) is 17.3 Å². The van der Waals surface area contributed by atoms with Gasteiger partial charge < -0.3 is 25.2 Å². The number of phenols is 1. The van der Waals surface area contributed by atoms with Crippen LogP contribution in [0.15, 0.2) is 90.7 Å². The summed E-state index contributed by atoms with van der Waals surface area (Å²) >= 11 is 0. The van der Waals surface area contributed by atoms with Crippen LogP contribution in [0.4, 0.5) is 10.5 Å². The highest BCUT2D eigenvalue weighted by Crippen LogP contribution is 2.34. The highest BCUT2D eigenvalue weighted by molar-refractivity contribution is 5.79. The molecule has 164 valence electrons. The monoisotopic (exact) mass is 430 g/mol. The number of carbonyl (C=O) groups is 1. The third kappa shape index (κ3) is 4.70. The number of allylic oxidation sites excluding steroid dienone is 3. The van der Waals surface area contributed by atoms with Gasteiger partial charge in [-0.2, -0.15) is 0 Å². The minimum atomic E-state index is -0.411. The molecule has 0 aromatic heterocycles. The number of nitrogens with zero attached hydrogens (tertiary/aromatic N) is 1. The van der Waals surface area contributed by atoms with E-state index in [1.165, 1.54) is 0 Å². The number of para-hydroxylation sites is 1. The second-order valence-corrected chi connectivity index (χ2v) is 7.67. The zero-order valence-corrected chi connectivity index (χ0v) is 17.8. The standard InChI is InChI=1S/C26H26N2O4/c1-31-21-9-5-6-18(10-12-21)25-16-19(23-17-20(29)11-13-24(23)27)14-15-28(25)26(30)32-22-7-3-2-4-8-22/h2-13,16-18,25,29H,14-15,27H2,1H3. The first-order chi connectivity index (χ1) is 15.5. The lowest BCUT2D eigenvalue weighted by Gasteiger charge is -2.36. The Morgan fingerprint density at radius 2 is 1.97 bits per heavy atom. The van der Waals surface area contributed by atoms with Crippen molar-refractivity contribution in [3.8, 4) is 11.5 Å². The van der Waals surface area contributed by atoms with Gasteiger partial charge in [-0.25, -0.2) is 4.79 Å². The molecule has 0 saturated carbocycles. The highest BCUT2D eigenvalue weighted by Gasteiger charge is 2.32. The number of hydrogen-bond acceptors (Lipinski definition) is 5. The first-order valence-corrected chi connectivity index (χ1v) is 10.5. The molecule has 2 unspecified atom stereocenters. The second-order valence-electron chi connectivity index (χ2n) is 7.67. The molecule has 3 N–H and O–H groups in total. The number of amides is 1. The van der Waals surface area contributed by atoms with E-state index in [4.69, 9.17) is 15.2 Å². The summed E-state index contributed by atoms with van der Waals surface area (Å²) in [7, 11) is 1.62. The van der Waals surface area contributed by atoms with Crippen molar-refractivity contribution in [2.75, 3.05) is 19.4 Å². The molecule has 1 heterocycles. The van der Waals surface area contributed by atoms with Gasteiger partial charge in [-0.1, -0.05) is 42.5 Å². The number of aromatic hydroxyl groups is 1. The molecule has 6 nitrogen and oxygen atoms in total. The molecule has 6 heteroatoms. The van der Waals surface area contributed by atoms with E-state index in [-0.39, 0.29) is 17.7 Å². The Bertz CT molecular complexity index is 1100. The van der Waals surface area contributed by atoms with Gasteiger partial charge in [0.25, 0.3) is 0 Å². The van der Waals surface area contributed by atoms with E-state index in [1.54, 1.807) is 42.3 Å². The van der Waals surface area contributed by atoms with E-state index in [9.17, 15) is 9.90 Å². The summed E-state index contributed by atoms with van der Waals surface area (Å²) in [6, 6.07) is 13.7. The normalized spacial score (nSPS) is 20.2. The Balaban J connectivity index is 1.68. The highest BCUT2D eigenvalue weighted by atomic mass is 16.6. The summed E-state index contributed by atoms with van der Waals surface area (Å²) in [5.41, 5.74) is 8.54. The maximum absolute atomic E-state index is 13.1. The Labute approximate surface area is 187 Å². The molecule has 0 fully saturated rings. The number of hydrogen-bond donors (Lipinski definition) is 2. The van der Waals surface area contributed by atoms with Gasteiger partial charge >= 0.3 is 6.09 Å². The minimum absolute atomic E-state index is 0.101. The molecule has 4 rings (SSSR count). The molecule has 2 atom stereocenters. The van der Waals surface area contributed by atoms with Crippen LogP contribution < -0.4 is 10.5 Å². The second kappa shape index (κ2) is 9.47. The number of carbonyl (C=O) groups excluding carboxylic acids is 1.